The van der Waals surface area contributed by atoms with Gasteiger partial charge in [-0.25, -0.2) is 0 Å². The van der Waals surface area contributed by atoms with Gasteiger partial charge in [-0.15, -0.1) is 11.6 Å². The molecule has 2 heteroatoms. The van der Waals surface area contributed by atoms with Gasteiger partial charge in [-0.2, -0.15) is 0 Å². The lowest BCUT2D eigenvalue weighted by Gasteiger charge is -2.03. The van der Waals surface area contributed by atoms with Gasteiger partial charge in [0.15, 0.2) is 0 Å². The third-order valence-corrected chi connectivity index (χ3v) is 5.00. The molecule has 0 aromatic carbocycles. The fourth-order valence-corrected chi connectivity index (χ4v) is 3.36. The molecule has 0 bridgehead atoms. The first-order valence-electron chi connectivity index (χ1n) is 7.33. The van der Waals surface area contributed by atoms with Gasteiger partial charge < -0.3 is 0 Å². The van der Waals surface area contributed by atoms with Crippen molar-refractivity contribution >= 4 is 20.4 Å². The lowest BCUT2D eigenvalue weighted by molar-refractivity contribution is 0.562. The first kappa shape index (κ1) is 16.5. The molecule has 0 aliphatic heterocycles. The molecule has 0 amide bonds. The third kappa shape index (κ3) is 14.5. The lowest BCUT2D eigenvalue weighted by atomic mass is 10.1. The van der Waals surface area contributed by atoms with Crippen molar-refractivity contribution < 1.29 is 0 Å². The molecule has 0 spiro atoms. The summed E-state index contributed by atoms with van der Waals surface area (Å²) >= 11 is 5.64. The SMILES string of the molecule is C[SiH](C)CCCCCCCCCCCCCl. The summed E-state index contributed by atoms with van der Waals surface area (Å²) < 4.78 is 0. The lowest BCUT2D eigenvalue weighted by Crippen LogP contribution is -1.97. The number of rotatable bonds is 12. The van der Waals surface area contributed by atoms with E-state index in [4.69, 9.17) is 11.6 Å². The second-order valence-corrected chi connectivity index (χ2v) is 9.15. The molecule has 0 fully saturated rings. The van der Waals surface area contributed by atoms with Crippen molar-refractivity contribution in [3.63, 3.8) is 0 Å². The fraction of sp³-hybridized carbons (Fsp3) is 1.00. The largest absolute Gasteiger partial charge is 0.127 e. The van der Waals surface area contributed by atoms with Crippen molar-refractivity contribution in [1.29, 1.82) is 0 Å². The van der Waals surface area contributed by atoms with E-state index in [-0.39, 0.29) is 8.80 Å². The van der Waals surface area contributed by atoms with Crippen LogP contribution in [0.5, 0.6) is 0 Å². The minimum absolute atomic E-state index is 0.263. The van der Waals surface area contributed by atoms with Crippen molar-refractivity contribution in [3.8, 4) is 0 Å². The Morgan fingerprint density at radius 3 is 1.38 bits per heavy atom. The Morgan fingerprint density at radius 1 is 0.625 bits per heavy atom. The van der Waals surface area contributed by atoms with Crippen molar-refractivity contribution in [2.75, 3.05) is 5.88 Å². The fourth-order valence-electron chi connectivity index (χ4n) is 2.06. The van der Waals surface area contributed by atoms with Gasteiger partial charge in [0.25, 0.3) is 0 Å². The van der Waals surface area contributed by atoms with Crippen LogP contribution >= 0.6 is 11.6 Å². The molecule has 98 valence electrons. The molecule has 16 heavy (non-hydrogen) atoms. The number of halogens is 1. The van der Waals surface area contributed by atoms with Crippen LogP contribution in [0.2, 0.25) is 19.1 Å². The molecule has 0 rings (SSSR count). The average molecular weight is 263 g/mol. The Kier molecular flexibility index (Phi) is 14.0. The van der Waals surface area contributed by atoms with Crippen LogP contribution in [-0.4, -0.2) is 14.7 Å². The van der Waals surface area contributed by atoms with Crippen molar-refractivity contribution in [1.82, 2.24) is 0 Å². The predicted octanol–water partition coefficient (Wildman–Crippen LogP) is 5.61. The Morgan fingerprint density at radius 2 is 1.00 bits per heavy atom. The monoisotopic (exact) mass is 262 g/mol. The second kappa shape index (κ2) is 13.6. The Bertz CT molecular complexity index is 126. The maximum absolute atomic E-state index is 5.64. The maximum Gasteiger partial charge on any atom is 0.0305 e. The molecule has 0 N–H and O–H groups in total. The van der Waals surface area contributed by atoms with Crippen molar-refractivity contribution in [2.45, 2.75) is 83.3 Å². The number of hydrogen-bond donors (Lipinski definition) is 0. The summed E-state index contributed by atoms with van der Waals surface area (Å²) in [5, 5.41) is 0. The van der Waals surface area contributed by atoms with E-state index in [0.29, 0.717) is 0 Å². The minimum Gasteiger partial charge on any atom is -0.127 e. The molecule has 0 aromatic heterocycles. The summed E-state index contributed by atoms with van der Waals surface area (Å²) in [4.78, 5) is 0. The first-order chi connectivity index (χ1) is 7.77. The summed E-state index contributed by atoms with van der Waals surface area (Å²) in [6, 6.07) is 1.55. The second-order valence-electron chi connectivity index (χ2n) is 5.41. The van der Waals surface area contributed by atoms with E-state index in [9.17, 15) is 0 Å². The standard InChI is InChI=1S/C14H31ClSi/c1-16(2)14-12-10-8-6-4-3-5-7-9-11-13-15/h16H,3-14H2,1-2H3. The van der Waals surface area contributed by atoms with Crippen LogP contribution in [0.25, 0.3) is 0 Å². The molecule has 0 nitrogen and oxygen atoms in total. The molecule has 0 aliphatic carbocycles. The first-order valence-corrected chi connectivity index (χ1v) is 11.0. The normalized spacial score (nSPS) is 11.2. The highest BCUT2D eigenvalue weighted by atomic mass is 35.5. The molecule has 0 saturated carbocycles. The summed E-state index contributed by atoms with van der Waals surface area (Å²) in [7, 11) is -0.263. The molecule has 0 aromatic rings. The smallest absolute Gasteiger partial charge is 0.0305 e. The Balaban J connectivity index is 2.88. The van der Waals surface area contributed by atoms with Crippen molar-refractivity contribution in [2.24, 2.45) is 0 Å². The summed E-state index contributed by atoms with van der Waals surface area (Å²) in [5.41, 5.74) is 0. The van der Waals surface area contributed by atoms with Gasteiger partial charge in [0.05, 0.1) is 0 Å². The van der Waals surface area contributed by atoms with Gasteiger partial charge in [0, 0.05) is 14.7 Å². The van der Waals surface area contributed by atoms with Crippen LogP contribution < -0.4 is 0 Å². The highest BCUT2D eigenvalue weighted by molar-refractivity contribution is 6.55. The van der Waals surface area contributed by atoms with E-state index in [2.05, 4.69) is 13.1 Å². The molecule has 0 unspecified atom stereocenters. The zero-order chi connectivity index (χ0) is 12.1. The zero-order valence-electron chi connectivity index (χ0n) is 11.4. The highest BCUT2D eigenvalue weighted by Crippen LogP contribution is 2.12. The van der Waals surface area contributed by atoms with Crippen LogP contribution in [-0.2, 0) is 0 Å². The van der Waals surface area contributed by atoms with Gasteiger partial charge in [-0.1, -0.05) is 76.9 Å². The van der Waals surface area contributed by atoms with Gasteiger partial charge in [0.1, 0.15) is 0 Å². The van der Waals surface area contributed by atoms with Crippen LogP contribution in [0, 0.1) is 0 Å². The van der Waals surface area contributed by atoms with Crippen molar-refractivity contribution in [3.05, 3.63) is 0 Å². The zero-order valence-corrected chi connectivity index (χ0v) is 13.4. The van der Waals surface area contributed by atoms with Crippen LogP contribution in [0.3, 0.4) is 0 Å². The molecular formula is C14H31ClSi. The van der Waals surface area contributed by atoms with E-state index in [1.54, 1.807) is 6.04 Å². The number of unbranched alkanes of at least 4 members (excludes halogenated alkanes) is 9. The summed E-state index contributed by atoms with van der Waals surface area (Å²) in [6.45, 7) is 4.92. The number of alkyl halides is 1. The van der Waals surface area contributed by atoms with Gasteiger partial charge in [-0.3, -0.25) is 0 Å². The highest BCUT2D eigenvalue weighted by Gasteiger charge is 1.96. The Hall–Kier alpha value is 0.507. The van der Waals surface area contributed by atoms with E-state index >= 15 is 0 Å². The predicted molar refractivity (Wildman–Crippen MR) is 80.6 cm³/mol. The molecule has 0 radical (unpaired) electrons. The third-order valence-electron chi connectivity index (χ3n) is 3.17. The molecular weight excluding hydrogens is 232 g/mol. The molecule has 0 aliphatic rings. The van der Waals surface area contributed by atoms with Crippen LogP contribution in [0.4, 0.5) is 0 Å². The summed E-state index contributed by atoms with van der Waals surface area (Å²) in [5.74, 6) is 0.846. The minimum atomic E-state index is -0.263. The summed E-state index contributed by atoms with van der Waals surface area (Å²) in [6.07, 6.45) is 14.2. The van der Waals surface area contributed by atoms with Crippen LogP contribution in [0.15, 0.2) is 0 Å². The number of hydrogen-bond acceptors (Lipinski definition) is 0. The molecule has 0 heterocycles. The molecule has 0 atom stereocenters. The van der Waals surface area contributed by atoms with Gasteiger partial charge in [0.2, 0.25) is 0 Å². The molecule has 0 saturated heterocycles. The van der Waals surface area contributed by atoms with Crippen LogP contribution in [0.1, 0.15) is 64.2 Å². The van der Waals surface area contributed by atoms with Gasteiger partial charge in [-0.05, 0) is 6.42 Å². The maximum atomic E-state index is 5.64. The topological polar surface area (TPSA) is 0 Å². The van der Waals surface area contributed by atoms with Gasteiger partial charge >= 0.3 is 0 Å². The van der Waals surface area contributed by atoms with E-state index in [1.165, 1.54) is 64.2 Å². The van der Waals surface area contributed by atoms with E-state index < -0.39 is 0 Å². The van der Waals surface area contributed by atoms with E-state index in [0.717, 1.165) is 5.88 Å². The Labute approximate surface area is 110 Å². The average Bonchev–Trinajstić information content (AvgIpc) is 2.25. The van der Waals surface area contributed by atoms with E-state index in [1.807, 2.05) is 0 Å². The quantitative estimate of drug-likeness (QED) is 0.244.